The molecule has 0 amide bonds. The van der Waals surface area contributed by atoms with Gasteiger partial charge in [0.1, 0.15) is 22.9 Å². The quantitative estimate of drug-likeness (QED) is 0.0504. The number of rotatable bonds is 11. The molecule has 4 aromatic carbocycles. The van der Waals surface area contributed by atoms with Crippen molar-refractivity contribution >= 4 is 55.9 Å². The van der Waals surface area contributed by atoms with Crippen LogP contribution in [-0.4, -0.2) is 10.2 Å². The third-order valence-electron chi connectivity index (χ3n) is 7.92. The van der Waals surface area contributed by atoms with Crippen LogP contribution >= 0.6 is 0 Å². The molecular weight excluding hydrogens is 576 g/mol. The molecule has 0 aliphatic carbocycles. The molecule has 0 bridgehead atoms. The first kappa shape index (κ1) is 30.1. The molecule has 10 nitrogen and oxygen atoms in total. The molecule has 0 atom stereocenters. The van der Waals surface area contributed by atoms with Gasteiger partial charge in [-0.15, -0.1) is 0 Å². The number of hydrogen-bond donors (Lipinski definition) is 4. The molecule has 0 aliphatic heterocycles. The molecule has 46 heavy (non-hydrogen) atoms. The van der Waals surface area contributed by atoms with Gasteiger partial charge in [0.05, 0.1) is 35.7 Å². The van der Waals surface area contributed by atoms with Gasteiger partial charge in [0.2, 0.25) is 0 Å². The smallest absolute Gasteiger partial charge is 0.350 e. The summed E-state index contributed by atoms with van der Waals surface area (Å²) in [4.78, 5) is 0. The standard InChI is InChI=1S/C36H34N8O2/c37-31-15-17-33(27-13-11-25(45)23-29(27)31)39-41-35-9-3-7-21-43(35)19-5-1-2-6-20-44-22-8-4-10-36(44)42-40-34-18-16-32(38)30-24-26(46)12-14-28(30)34/h3-4,7-18,21-24,37-38H,1-2,5-6,19-20H2,(H2,39,40,45,46)/p+2. The van der Waals surface area contributed by atoms with E-state index in [1.54, 1.807) is 36.4 Å². The van der Waals surface area contributed by atoms with Crippen LogP contribution in [0.3, 0.4) is 0 Å². The van der Waals surface area contributed by atoms with Crippen LogP contribution in [0.5, 0.6) is 11.5 Å². The van der Waals surface area contributed by atoms with E-state index in [9.17, 15) is 10.2 Å². The lowest BCUT2D eigenvalue weighted by atomic mass is 10.1. The first-order chi connectivity index (χ1) is 22.5. The number of benzene rings is 4. The third kappa shape index (κ3) is 6.91. The molecule has 2 heterocycles. The maximum atomic E-state index is 9.87. The van der Waals surface area contributed by atoms with Crippen LogP contribution in [0.2, 0.25) is 0 Å². The number of anilines is 2. The van der Waals surface area contributed by atoms with Gasteiger partial charge in [-0.05, 0) is 109 Å². The number of nitrogens with zero attached hydrogens (tertiary/aromatic N) is 6. The van der Waals surface area contributed by atoms with E-state index in [0.29, 0.717) is 22.7 Å². The number of phenols is 2. The van der Waals surface area contributed by atoms with E-state index < -0.39 is 0 Å². The van der Waals surface area contributed by atoms with Crippen LogP contribution < -0.4 is 20.6 Å². The number of aryl methyl sites for hydroxylation is 2. The molecule has 6 aromatic rings. The first-order valence-corrected chi connectivity index (χ1v) is 15.3. The fourth-order valence-corrected chi connectivity index (χ4v) is 5.48. The monoisotopic (exact) mass is 612 g/mol. The Morgan fingerprint density at radius 1 is 0.478 bits per heavy atom. The summed E-state index contributed by atoms with van der Waals surface area (Å²) in [6, 6.07) is 29.2. The Labute approximate surface area is 266 Å². The normalized spacial score (nSPS) is 11.7. The Bertz CT molecular complexity index is 1930. The van der Waals surface area contributed by atoms with E-state index in [-0.39, 0.29) is 11.5 Å². The van der Waals surface area contributed by atoms with Gasteiger partial charge in [0.25, 0.3) is 0 Å². The van der Waals surface area contributed by atoms with Crippen molar-refractivity contribution in [3.05, 3.63) is 109 Å². The third-order valence-corrected chi connectivity index (χ3v) is 7.92. The van der Waals surface area contributed by atoms with Gasteiger partial charge in [-0.2, -0.15) is 0 Å². The number of phenolic OH excluding ortho intramolecular Hbond substituents is 2. The number of nitrogens with two attached hydrogens (primary N) is 2. The summed E-state index contributed by atoms with van der Waals surface area (Å²) in [6.45, 7) is 1.66. The lowest BCUT2D eigenvalue weighted by Gasteiger charge is -2.05. The van der Waals surface area contributed by atoms with Crippen LogP contribution in [0.1, 0.15) is 25.7 Å². The predicted octanol–water partition coefficient (Wildman–Crippen LogP) is 8.24. The van der Waals surface area contributed by atoms with Crippen molar-refractivity contribution in [2.45, 2.75) is 38.8 Å². The largest absolute Gasteiger partial charge is 0.508 e. The highest BCUT2D eigenvalue weighted by molar-refractivity contribution is 6.01. The molecule has 6 N–H and O–H groups in total. The van der Waals surface area contributed by atoms with E-state index in [1.807, 2.05) is 73.1 Å². The predicted molar refractivity (Wildman–Crippen MR) is 180 cm³/mol. The van der Waals surface area contributed by atoms with Gasteiger partial charge >= 0.3 is 11.6 Å². The Morgan fingerprint density at radius 2 is 0.935 bits per heavy atom. The van der Waals surface area contributed by atoms with E-state index in [1.165, 1.54) is 0 Å². The van der Waals surface area contributed by atoms with Crippen LogP contribution in [-0.2, 0) is 13.1 Å². The summed E-state index contributed by atoms with van der Waals surface area (Å²) in [6.07, 6.45) is 8.20. The Balaban J connectivity index is 1.04. The maximum absolute atomic E-state index is 9.87. The zero-order chi connectivity index (χ0) is 31.9. The number of fused-ring (bicyclic) bond motifs is 2. The van der Waals surface area contributed by atoms with Crippen LogP contribution in [0.4, 0.5) is 34.4 Å². The second-order valence-corrected chi connectivity index (χ2v) is 11.1. The Hall–Kier alpha value is -5.90. The number of aromatic hydroxyl groups is 2. The highest BCUT2D eigenvalue weighted by Gasteiger charge is 2.13. The van der Waals surface area contributed by atoms with Gasteiger partial charge in [0, 0.05) is 45.1 Å². The fraction of sp³-hybridized carbons (Fsp3) is 0.167. The molecule has 230 valence electrons. The maximum Gasteiger partial charge on any atom is 0.350 e. The van der Waals surface area contributed by atoms with Crippen LogP contribution in [0.15, 0.2) is 130 Å². The molecule has 10 heteroatoms. The summed E-state index contributed by atoms with van der Waals surface area (Å²) in [5, 5.41) is 41.1. The van der Waals surface area contributed by atoms with Gasteiger partial charge in [-0.1, -0.05) is 12.1 Å². The van der Waals surface area contributed by atoms with E-state index >= 15 is 0 Å². The minimum absolute atomic E-state index is 0.161. The second-order valence-electron chi connectivity index (χ2n) is 11.1. The molecule has 0 radical (unpaired) electrons. The van der Waals surface area contributed by atoms with Gasteiger partial charge in [0.15, 0.2) is 0 Å². The summed E-state index contributed by atoms with van der Waals surface area (Å²) in [5.41, 5.74) is 14.8. The molecule has 6 rings (SSSR count). The van der Waals surface area contributed by atoms with E-state index in [2.05, 4.69) is 29.6 Å². The minimum atomic E-state index is 0.161. The zero-order valence-corrected chi connectivity index (χ0v) is 25.4. The molecular formula is C36H36N8O2+2. The minimum Gasteiger partial charge on any atom is -0.508 e. The Kier molecular flexibility index (Phi) is 9.05. The molecule has 0 aliphatic rings. The average Bonchev–Trinajstić information content (AvgIpc) is 3.07. The van der Waals surface area contributed by atoms with Gasteiger partial charge in [-0.3, -0.25) is 0 Å². The van der Waals surface area contributed by atoms with Crippen molar-refractivity contribution in [1.82, 2.24) is 0 Å². The molecule has 0 spiro atoms. The molecule has 0 fully saturated rings. The number of hydrogen-bond acceptors (Lipinski definition) is 8. The number of nitrogen functional groups attached to an aromatic ring is 2. The van der Waals surface area contributed by atoms with Crippen molar-refractivity contribution in [3.8, 4) is 11.5 Å². The van der Waals surface area contributed by atoms with E-state index in [0.717, 1.165) is 72.0 Å². The van der Waals surface area contributed by atoms with Crippen LogP contribution in [0, 0.1) is 0 Å². The Morgan fingerprint density at radius 3 is 1.39 bits per heavy atom. The number of unbranched alkanes of at least 4 members (excludes halogenated alkanes) is 3. The molecule has 2 aromatic heterocycles. The number of pyridine rings is 2. The van der Waals surface area contributed by atoms with Gasteiger partial charge in [-0.25, -0.2) is 9.13 Å². The summed E-state index contributed by atoms with van der Waals surface area (Å²) < 4.78 is 4.23. The van der Waals surface area contributed by atoms with Crippen LogP contribution in [0.25, 0.3) is 21.5 Å². The molecule has 0 saturated heterocycles. The lowest BCUT2D eigenvalue weighted by Crippen LogP contribution is -2.34. The summed E-state index contributed by atoms with van der Waals surface area (Å²) in [5.74, 6) is 1.86. The highest BCUT2D eigenvalue weighted by atomic mass is 16.3. The highest BCUT2D eigenvalue weighted by Crippen LogP contribution is 2.34. The summed E-state index contributed by atoms with van der Waals surface area (Å²) >= 11 is 0. The topological polar surface area (TPSA) is 150 Å². The lowest BCUT2D eigenvalue weighted by molar-refractivity contribution is -0.686. The van der Waals surface area contributed by atoms with E-state index in [4.69, 9.17) is 11.5 Å². The number of aromatic nitrogens is 2. The van der Waals surface area contributed by atoms with Crippen molar-refractivity contribution in [2.24, 2.45) is 20.5 Å². The van der Waals surface area contributed by atoms with Gasteiger partial charge < -0.3 is 21.7 Å². The van der Waals surface area contributed by atoms with Crippen molar-refractivity contribution in [1.29, 1.82) is 0 Å². The SMILES string of the molecule is Nc1ccc(N=Nc2cccc[n+]2CCCCCC[n+]2ccccc2/N=N\c2ccc(N)c3cc(O)ccc23)c2ccc(O)cc12. The zero-order valence-electron chi connectivity index (χ0n) is 25.4. The summed E-state index contributed by atoms with van der Waals surface area (Å²) in [7, 11) is 0. The second kappa shape index (κ2) is 13.8. The molecule has 0 saturated carbocycles. The van der Waals surface area contributed by atoms with Crippen molar-refractivity contribution < 1.29 is 19.3 Å². The molecule has 0 unspecified atom stereocenters. The van der Waals surface area contributed by atoms with Crippen molar-refractivity contribution in [3.63, 3.8) is 0 Å². The van der Waals surface area contributed by atoms with Crippen molar-refractivity contribution in [2.75, 3.05) is 11.5 Å². The number of azo groups is 2. The fourth-order valence-electron chi connectivity index (χ4n) is 5.48. The first-order valence-electron chi connectivity index (χ1n) is 15.3. The average molecular weight is 613 g/mol.